The van der Waals surface area contributed by atoms with Crippen molar-refractivity contribution < 1.29 is 32.7 Å². The maximum absolute atomic E-state index is 9.10. The predicted molar refractivity (Wildman–Crippen MR) is 16.6 cm³/mol. The van der Waals surface area contributed by atoms with E-state index in [1.807, 2.05) is 19.7 Å². The van der Waals surface area contributed by atoms with E-state index in [0.29, 0.717) is 0 Å². The van der Waals surface area contributed by atoms with Gasteiger partial charge in [-0.3, -0.25) is 0 Å². The first kappa shape index (κ1) is 9.79. The van der Waals surface area contributed by atoms with E-state index in [1.54, 1.807) is 0 Å². The van der Waals surface area contributed by atoms with Crippen molar-refractivity contribution in [3.63, 3.8) is 0 Å². The van der Waals surface area contributed by atoms with Crippen LogP contribution in [0.2, 0.25) is 0 Å². The summed E-state index contributed by atoms with van der Waals surface area (Å²) < 4.78 is 25.6. The van der Waals surface area contributed by atoms with Crippen LogP contribution in [0.5, 0.6) is 0 Å². The molecule has 0 rings (SSSR count). The summed E-state index contributed by atoms with van der Waals surface area (Å²) in [4.78, 5) is 0. The topological polar surface area (TPSA) is 89.4 Å². The molecule has 0 radical (unpaired) electrons. The van der Waals surface area contributed by atoms with Crippen LogP contribution in [0.3, 0.4) is 0 Å². The monoisotopic (exact) mass is 205 g/mol. The van der Waals surface area contributed by atoms with E-state index in [-0.39, 0.29) is 6.15 Å². The van der Waals surface area contributed by atoms with Gasteiger partial charge in [0.05, 0.1) is 0 Å². The Balaban J connectivity index is 0. The molecule has 0 bridgehead atoms. The molecular weight excluding hydrogens is 202 g/mol. The quantitative estimate of drug-likeness (QED) is 0.412. The molecule has 6 heavy (non-hydrogen) atoms. The summed E-state index contributed by atoms with van der Waals surface area (Å²) in [6.45, 7) is 0. The van der Waals surface area contributed by atoms with Crippen LogP contribution < -0.4 is 6.15 Å². The Kier molecular flexibility index (Phi) is 4.45. The third-order valence-electron chi connectivity index (χ3n) is 0. The second-order valence-corrected chi connectivity index (χ2v) is 3.41. The Hall–Kier alpha value is 0.610. The molecule has 0 amide bonds. The zero-order chi connectivity index (χ0) is 4.50. The summed E-state index contributed by atoms with van der Waals surface area (Å²) in [5.41, 5.74) is 0. The first-order valence-corrected chi connectivity index (χ1v) is 3.73. The van der Waals surface area contributed by atoms with Gasteiger partial charge in [-0.1, -0.05) is 0 Å². The minimum atomic E-state index is -3.86. The Morgan fingerprint density at radius 2 is 1.50 bits per heavy atom. The first-order chi connectivity index (χ1) is 2.00. The third-order valence-corrected chi connectivity index (χ3v) is 0. The molecule has 44 valence electrons. The number of rotatable bonds is 0. The van der Waals surface area contributed by atoms with Crippen molar-refractivity contribution in [3.05, 3.63) is 0 Å². The van der Waals surface area contributed by atoms with Gasteiger partial charge >= 0.3 is 40.3 Å². The number of hydrogen-bond donors (Lipinski definition) is 2. The van der Waals surface area contributed by atoms with Crippen LogP contribution in [-0.4, -0.2) is 13.0 Å². The molecule has 0 aromatic rings. The van der Waals surface area contributed by atoms with Crippen molar-refractivity contribution in [1.82, 2.24) is 6.15 Å². The molecule has 0 saturated heterocycles. The van der Waals surface area contributed by atoms with Crippen LogP contribution in [0.4, 0.5) is 0 Å². The second kappa shape index (κ2) is 2.73. The maximum atomic E-state index is 9.10. The third kappa shape index (κ3) is 161. The molecule has 0 atom stereocenters. The standard InChI is InChI=1S/Ag.H3N.HO3S/c;;1-4(2)3/h;1H3;(H,1,2,3). The van der Waals surface area contributed by atoms with Crippen LogP contribution >= 0.6 is 0 Å². The predicted octanol–water partition coefficient (Wildman–Crippen LogP) is -0.502. The van der Waals surface area contributed by atoms with Crippen LogP contribution in [0.1, 0.15) is 0 Å². The van der Waals surface area contributed by atoms with Crippen molar-refractivity contribution in [2.75, 3.05) is 0 Å². The Morgan fingerprint density at radius 1 is 1.50 bits per heavy atom. The Morgan fingerprint density at radius 3 is 1.50 bits per heavy atom. The first-order valence-electron chi connectivity index (χ1n) is 0.639. The van der Waals surface area contributed by atoms with Crippen LogP contribution in [0, 0.1) is 0 Å². The van der Waals surface area contributed by atoms with Gasteiger partial charge in [0.1, 0.15) is 0 Å². The van der Waals surface area contributed by atoms with Crippen molar-refractivity contribution in [2.24, 2.45) is 0 Å². The van der Waals surface area contributed by atoms with Gasteiger partial charge in [-0.05, 0) is 0 Å². The molecule has 0 aliphatic carbocycles. The zero-order valence-corrected chi connectivity index (χ0v) is 4.98. The van der Waals surface area contributed by atoms with Gasteiger partial charge in [-0.2, -0.15) is 0 Å². The van der Waals surface area contributed by atoms with Crippen LogP contribution in [0.15, 0.2) is 0 Å². The minimum absolute atomic E-state index is 0. The molecule has 0 spiro atoms. The van der Waals surface area contributed by atoms with E-state index in [0.717, 1.165) is 0 Å². The average Bonchev–Trinajstić information content (AvgIpc) is 0.722. The molecule has 0 aliphatic heterocycles. The van der Waals surface area contributed by atoms with Gasteiger partial charge < -0.3 is 6.15 Å². The van der Waals surface area contributed by atoms with Gasteiger partial charge in [0, 0.05) is 0 Å². The molecule has 0 saturated carbocycles. The van der Waals surface area contributed by atoms with E-state index in [2.05, 4.69) is 0 Å². The normalized spacial score (nSPS) is 9.83. The molecule has 0 unspecified atom stereocenters. The molecule has 4 N–H and O–H groups in total. The fraction of sp³-hybridized carbons (Fsp3) is 0. The van der Waals surface area contributed by atoms with Crippen molar-refractivity contribution >= 4 is 7.58 Å². The van der Waals surface area contributed by atoms with Crippen molar-refractivity contribution in [3.8, 4) is 0 Å². The van der Waals surface area contributed by atoms with E-state index >= 15 is 0 Å². The summed E-state index contributed by atoms with van der Waals surface area (Å²) in [5.74, 6) is 0. The van der Waals surface area contributed by atoms with E-state index in [4.69, 9.17) is 13.0 Å². The SMILES string of the molecule is N.O=[S](=O)(O)[Ag]. The van der Waals surface area contributed by atoms with Crippen LogP contribution in [0.25, 0.3) is 0 Å². The molecule has 0 aromatic heterocycles. The molecule has 0 aromatic carbocycles. The fourth-order valence-electron chi connectivity index (χ4n) is 0. The van der Waals surface area contributed by atoms with Gasteiger partial charge in [0.25, 0.3) is 0 Å². The molecule has 0 aliphatic rings. The molecule has 6 heteroatoms. The van der Waals surface area contributed by atoms with E-state index < -0.39 is 7.58 Å². The van der Waals surface area contributed by atoms with Crippen molar-refractivity contribution in [2.45, 2.75) is 0 Å². The summed E-state index contributed by atoms with van der Waals surface area (Å²) in [6.07, 6.45) is 0. The Bertz CT molecular complexity index is 94.0. The molecule has 0 fully saturated rings. The zero-order valence-electron chi connectivity index (χ0n) is 2.68. The van der Waals surface area contributed by atoms with Gasteiger partial charge in [0.15, 0.2) is 0 Å². The molecule has 4 nitrogen and oxygen atoms in total. The summed E-state index contributed by atoms with van der Waals surface area (Å²) in [7, 11) is -3.86. The van der Waals surface area contributed by atoms with Gasteiger partial charge in [-0.25, -0.2) is 0 Å². The molecule has 0 heterocycles. The van der Waals surface area contributed by atoms with E-state index in [9.17, 15) is 0 Å². The fourth-order valence-corrected chi connectivity index (χ4v) is 0. The average molecular weight is 206 g/mol. The van der Waals surface area contributed by atoms with Gasteiger partial charge in [-0.15, -0.1) is 0 Å². The summed E-state index contributed by atoms with van der Waals surface area (Å²) in [6, 6.07) is 0. The van der Waals surface area contributed by atoms with Crippen LogP contribution in [-0.2, 0) is 27.3 Å². The van der Waals surface area contributed by atoms with E-state index in [1.165, 1.54) is 0 Å². The Labute approximate surface area is 46.8 Å². The van der Waals surface area contributed by atoms with Gasteiger partial charge in [0.2, 0.25) is 0 Å². The second-order valence-electron chi connectivity index (χ2n) is 0.373. The summed E-state index contributed by atoms with van der Waals surface area (Å²) >= 11 is 1.92. The number of hydrogen-bond acceptors (Lipinski definition) is 3. The molecular formula is H4AgNO3S. The van der Waals surface area contributed by atoms with Crippen molar-refractivity contribution in [1.29, 1.82) is 0 Å². The summed E-state index contributed by atoms with van der Waals surface area (Å²) in [5, 5.41) is 0.